The number of anilines is 1. The van der Waals surface area contributed by atoms with E-state index in [-0.39, 0.29) is 11.9 Å². The van der Waals surface area contributed by atoms with E-state index >= 15 is 0 Å². The molecule has 0 aliphatic heterocycles. The summed E-state index contributed by atoms with van der Waals surface area (Å²) in [5, 5.41) is 3.43. The van der Waals surface area contributed by atoms with Crippen LogP contribution in [0.15, 0.2) is 24.4 Å². The number of rotatable bonds is 2. The molecule has 19 heavy (non-hydrogen) atoms. The Labute approximate surface area is 114 Å². The maximum Gasteiger partial charge on any atom is 0.276 e. The Morgan fingerprint density at radius 3 is 3.16 bits per heavy atom. The minimum Gasteiger partial charge on any atom is -0.327 e. The number of thiazole rings is 1. The molecule has 0 radical (unpaired) electrons. The number of carbonyl (C=O) groups excluding carboxylic acids is 1. The SMILES string of the molecule is N[C@H]1CCc2nc(NC(=O)c3ccccn3)sc2C1. The highest BCUT2D eigenvalue weighted by molar-refractivity contribution is 7.15. The molecule has 1 aliphatic rings. The Bertz CT molecular complexity index is 596. The number of fused-ring (bicyclic) bond motifs is 1. The van der Waals surface area contributed by atoms with Gasteiger partial charge in [0.2, 0.25) is 0 Å². The van der Waals surface area contributed by atoms with Crippen LogP contribution in [0.4, 0.5) is 5.13 Å². The van der Waals surface area contributed by atoms with Crippen LogP contribution in [0.5, 0.6) is 0 Å². The fraction of sp³-hybridized carbons (Fsp3) is 0.308. The van der Waals surface area contributed by atoms with Crippen LogP contribution >= 0.6 is 11.3 Å². The summed E-state index contributed by atoms with van der Waals surface area (Å²) in [5.41, 5.74) is 7.40. The standard InChI is InChI=1S/C13H14N4OS/c14-8-4-5-9-11(7-8)19-13(16-9)17-12(18)10-3-1-2-6-15-10/h1-3,6,8H,4-5,7,14H2,(H,16,17,18)/t8-/m0/s1. The van der Waals surface area contributed by atoms with Crippen molar-refractivity contribution in [2.45, 2.75) is 25.3 Å². The van der Waals surface area contributed by atoms with Gasteiger partial charge in [-0.05, 0) is 31.4 Å². The molecule has 3 N–H and O–H groups in total. The molecule has 1 aliphatic carbocycles. The highest BCUT2D eigenvalue weighted by Gasteiger charge is 2.21. The zero-order chi connectivity index (χ0) is 13.2. The molecule has 2 aromatic rings. The van der Waals surface area contributed by atoms with E-state index in [0.717, 1.165) is 25.0 Å². The van der Waals surface area contributed by atoms with Crippen molar-refractivity contribution in [1.82, 2.24) is 9.97 Å². The van der Waals surface area contributed by atoms with Gasteiger partial charge in [-0.2, -0.15) is 0 Å². The van der Waals surface area contributed by atoms with Crippen molar-refractivity contribution in [1.29, 1.82) is 0 Å². The van der Waals surface area contributed by atoms with Crippen LogP contribution in [0.25, 0.3) is 0 Å². The zero-order valence-electron chi connectivity index (χ0n) is 10.3. The molecule has 1 amide bonds. The highest BCUT2D eigenvalue weighted by Crippen LogP contribution is 2.29. The summed E-state index contributed by atoms with van der Waals surface area (Å²) in [6, 6.07) is 5.46. The van der Waals surface area contributed by atoms with E-state index in [2.05, 4.69) is 15.3 Å². The molecule has 0 fully saturated rings. The first-order valence-electron chi connectivity index (χ1n) is 6.19. The maximum atomic E-state index is 12.0. The van der Waals surface area contributed by atoms with E-state index in [0.29, 0.717) is 10.8 Å². The average Bonchev–Trinajstić information content (AvgIpc) is 2.81. The van der Waals surface area contributed by atoms with Gasteiger partial charge in [0.25, 0.3) is 5.91 Å². The Balaban J connectivity index is 1.76. The molecule has 0 bridgehead atoms. The van der Waals surface area contributed by atoms with Crippen molar-refractivity contribution in [2.75, 3.05) is 5.32 Å². The van der Waals surface area contributed by atoms with Gasteiger partial charge in [0.1, 0.15) is 5.69 Å². The van der Waals surface area contributed by atoms with Crippen LogP contribution in [-0.4, -0.2) is 21.9 Å². The summed E-state index contributed by atoms with van der Waals surface area (Å²) in [7, 11) is 0. The smallest absolute Gasteiger partial charge is 0.276 e. The van der Waals surface area contributed by atoms with Crippen molar-refractivity contribution in [3.8, 4) is 0 Å². The number of nitrogens with one attached hydrogen (secondary N) is 1. The molecular formula is C13H14N4OS. The summed E-state index contributed by atoms with van der Waals surface area (Å²) in [5.74, 6) is -0.226. The number of carbonyl (C=O) groups is 1. The molecular weight excluding hydrogens is 260 g/mol. The van der Waals surface area contributed by atoms with Gasteiger partial charge < -0.3 is 5.73 Å². The average molecular weight is 274 g/mol. The highest BCUT2D eigenvalue weighted by atomic mass is 32.1. The van der Waals surface area contributed by atoms with E-state index < -0.39 is 0 Å². The van der Waals surface area contributed by atoms with Crippen molar-refractivity contribution in [2.24, 2.45) is 5.73 Å². The normalized spacial score (nSPS) is 17.8. The van der Waals surface area contributed by atoms with Crippen LogP contribution in [0.1, 0.15) is 27.5 Å². The number of aryl methyl sites for hydroxylation is 1. The van der Waals surface area contributed by atoms with E-state index in [9.17, 15) is 4.79 Å². The predicted molar refractivity (Wildman–Crippen MR) is 74.3 cm³/mol. The second-order valence-corrected chi connectivity index (χ2v) is 5.64. The monoisotopic (exact) mass is 274 g/mol. The van der Waals surface area contributed by atoms with Crippen molar-refractivity contribution in [3.05, 3.63) is 40.7 Å². The van der Waals surface area contributed by atoms with Crippen molar-refractivity contribution >= 4 is 22.4 Å². The second kappa shape index (κ2) is 5.07. The molecule has 0 spiro atoms. The molecule has 0 saturated heterocycles. The molecule has 2 heterocycles. The van der Waals surface area contributed by atoms with E-state index in [4.69, 9.17) is 5.73 Å². The molecule has 0 aromatic carbocycles. The molecule has 1 atom stereocenters. The summed E-state index contributed by atoms with van der Waals surface area (Å²) in [6.45, 7) is 0. The maximum absolute atomic E-state index is 12.0. The van der Waals surface area contributed by atoms with Crippen LogP contribution in [0.3, 0.4) is 0 Å². The Morgan fingerprint density at radius 2 is 2.37 bits per heavy atom. The molecule has 6 heteroatoms. The van der Waals surface area contributed by atoms with Crippen LogP contribution < -0.4 is 11.1 Å². The number of amides is 1. The summed E-state index contributed by atoms with van der Waals surface area (Å²) < 4.78 is 0. The van der Waals surface area contributed by atoms with Gasteiger partial charge in [-0.15, -0.1) is 11.3 Å². The number of aromatic nitrogens is 2. The van der Waals surface area contributed by atoms with E-state index in [1.807, 2.05) is 0 Å². The summed E-state index contributed by atoms with van der Waals surface area (Å²) in [6.07, 6.45) is 4.31. The van der Waals surface area contributed by atoms with Gasteiger partial charge in [0.05, 0.1) is 5.69 Å². The zero-order valence-corrected chi connectivity index (χ0v) is 11.1. The molecule has 2 aromatic heterocycles. The van der Waals surface area contributed by atoms with Gasteiger partial charge in [0.15, 0.2) is 5.13 Å². The van der Waals surface area contributed by atoms with E-state index in [1.165, 1.54) is 16.2 Å². The van der Waals surface area contributed by atoms with Gasteiger partial charge in [0, 0.05) is 17.1 Å². The number of nitrogens with zero attached hydrogens (tertiary/aromatic N) is 2. The Kier molecular flexibility index (Phi) is 3.27. The number of pyridine rings is 1. The summed E-state index contributed by atoms with van der Waals surface area (Å²) in [4.78, 5) is 21.6. The predicted octanol–water partition coefficient (Wildman–Crippen LogP) is 1.61. The van der Waals surface area contributed by atoms with Crippen molar-refractivity contribution < 1.29 is 4.79 Å². The summed E-state index contributed by atoms with van der Waals surface area (Å²) >= 11 is 1.51. The van der Waals surface area contributed by atoms with Crippen LogP contribution in [-0.2, 0) is 12.8 Å². The third kappa shape index (κ3) is 2.64. The molecule has 3 rings (SSSR count). The fourth-order valence-corrected chi connectivity index (χ4v) is 3.21. The Morgan fingerprint density at radius 1 is 1.47 bits per heavy atom. The lowest BCUT2D eigenvalue weighted by atomic mass is 9.99. The molecule has 98 valence electrons. The first kappa shape index (κ1) is 12.3. The lowest BCUT2D eigenvalue weighted by Gasteiger charge is -2.15. The van der Waals surface area contributed by atoms with Gasteiger partial charge in [-0.25, -0.2) is 4.98 Å². The lowest BCUT2D eigenvalue weighted by molar-refractivity contribution is 0.102. The van der Waals surface area contributed by atoms with Gasteiger partial charge >= 0.3 is 0 Å². The third-order valence-corrected chi connectivity index (χ3v) is 4.13. The second-order valence-electron chi connectivity index (χ2n) is 4.56. The quantitative estimate of drug-likeness (QED) is 0.871. The first-order valence-corrected chi connectivity index (χ1v) is 7.00. The molecule has 0 unspecified atom stereocenters. The number of hydrogen-bond acceptors (Lipinski definition) is 5. The fourth-order valence-electron chi connectivity index (χ4n) is 2.11. The number of nitrogens with two attached hydrogens (primary N) is 1. The third-order valence-electron chi connectivity index (χ3n) is 3.10. The van der Waals surface area contributed by atoms with Gasteiger partial charge in [-0.1, -0.05) is 6.07 Å². The first-order chi connectivity index (χ1) is 9.22. The minimum atomic E-state index is -0.226. The molecule has 0 saturated carbocycles. The topological polar surface area (TPSA) is 80.9 Å². The largest absolute Gasteiger partial charge is 0.327 e. The van der Waals surface area contributed by atoms with Gasteiger partial charge in [-0.3, -0.25) is 15.1 Å². The lowest BCUT2D eigenvalue weighted by Crippen LogP contribution is -2.27. The molecule has 5 nitrogen and oxygen atoms in total. The van der Waals surface area contributed by atoms with Crippen molar-refractivity contribution in [3.63, 3.8) is 0 Å². The Hall–Kier alpha value is -1.79. The van der Waals surface area contributed by atoms with E-state index in [1.54, 1.807) is 24.4 Å². The van der Waals surface area contributed by atoms with Crippen LogP contribution in [0, 0.1) is 0 Å². The number of hydrogen-bond donors (Lipinski definition) is 2. The minimum absolute atomic E-state index is 0.215. The van der Waals surface area contributed by atoms with Crippen LogP contribution in [0.2, 0.25) is 0 Å².